The van der Waals surface area contributed by atoms with Crippen molar-refractivity contribution in [2.24, 2.45) is 0 Å². The highest BCUT2D eigenvalue weighted by Crippen LogP contribution is 2.17. The number of hydrogen-bond donors (Lipinski definition) is 2. The van der Waals surface area contributed by atoms with Gasteiger partial charge in [-0.3, -0.25) is 9.59 Å². The Morgan fingerprint density at radius 3 is 2.59 bits per heavy atom. The number of nitrogens with one attached hydrogen (secondary N) is 2. The van der Waals surface area contributed by atoms with E-state index in [9.17, 15) is 9.59 Å². The van der Waals surface area contributed by atoms with E-state index in [0.717, 1.165) is 31.4 Å². The monoisotopic (exact) mass is 369 g/mol. The molecule has 1 aromatic carbocycles. The van der Waals surface area contributed by atoms with Crippen molar-refractivity contribution in [3.8, 4) is 0 Å². The molecule has 1 aliphatic rings. The maximum Gasteiger partial charge on any atom is 0.289 e. The minimum Gasteiger partial charge on any atom is -0.459 e. The van der Waals surface area contributed by atoms with Gasteiger partial charge in [0, 0.05) is 32.1 Å². The largest absolute Gasteiger partial charge is 0.459 e. The smallest absolute Gasteiger partial charge is 0.289 e. The molecule has 6 heteroatoms. The summed E-state index contributed by atoms with van der Waals surface area (Å²) in [5, 5.41) is 6.47. The molecule has 1 aliphatic heterocycles. The number of carbonyl (C=O) groups excluding carboxylic acids is 2. The van der Waals surface area contributed by atoms with Crippen LogP contribution < -0.4 is 10.6 Å². The molecule has 1 saturated heterocycles. The second-order valence-corrected chi connectivity index (χ2v) is 6.80. The van der Waals surface area contributed by atoms with Gasteiger partial charge in [0.25, 0.3) is 5.91 Å². The first-order chi connectivity index (χ1) is 13.2. The van der Waals surface area contributed by atoms with E-state index in [0.29, 0.717) is 31.8 Å². The average molecular weight is 369 g/mol. The van der Waals surface area contributed by atoms with Crippen molar-refractivity contribution >= 4 is 11.8 Å². The maximum atomic E-state index is 12.6. The Morgan fingerprint density at radius 1 is 1.00 bits per heavy atom. The molecule has 0 aliphatic carbocycles. The Kier molecular flexibility index (Phi) is 7.04. The topological polar surface area (TPSA) is 74.6 Å². The van der Waals surface area contributed by atoms with Crippen molar-refractivity contribution in [2.75, 3.05) is 26.2 Å². The minimum atomic E-state index is -0.0867. The quantitative estimate of drug-likeness (QED) is 0.854. The Bertz CT molecular complexity index is 716. The molecule has 3 rings (SSSR count). The maximum absolute atomic E-state index is 12.6. The lowest BCUT2D eigenvalue weighted by Gasteiger charge is -2.21. The lowest BCUT2D eigenvalue weighted by atomic mass is 10.0. The number of furan rings is 1. The lowest BCUT2D eigenvalue weighted by Crippen LogP contribution is -2.35. The third-order valence-electron chi connectivity index (χ3n) is 4.78. The van der Waals surface area contributed by atoms with Crippen molar-refractivity contribution in [1.82, 2.24) is 15.5 Å². The molecule has 2 N–H and O–H groups in total. The molecule has 27 heavy (non-hydrogen) atoms. The van der Waals surface area contributed by atoms with Gasteiger partial charge in [-0.25, -0.2) is 0 Å². The van der Waals surface area contributed by atoms with E-state index in [2.05, 4.69) is 10.6 Å². The normalized spacial score (nSPS) is 20.1. The second-order valence-electron chi connectivity index (χ2n) is 6.80. The van der Waals surface area contributed by atoms with Crippen LogP contribution in [-0.2, 0) is 4.79 Å². The van der Waals surface area contributed by atoms with Crippen LogP contribution in [0.15, 0.2) is 53.1 Å². The SMILES string of the molecule is O=C1CC(c2ccccc2)NCCCCN(C(=O)c2ccco2)CCCN1. The predicted octanol–water partition coefficient (Wildman–Crippen LogP) is 2.74. The molecule has 1 unspecified atom stereocenters. The molecule has 1 atom stereocenters. The Labute approximate surface area is 159 Å². The summed E-state index contributed by atoms with van der Waals surface area (Å²) in [5.41, 5.74) is 1.12. The van der Waals surface area contributed by atoms with Crippen LogP contribution >= 0.6 is 0 Å². The van der Waals surface area contributed by atoms with Crippen LogP contribution in [0.2, 0.25) is 0 Å². The van der Waals surface area contributed by atoms with Gasteiger partial charge in [-0.1, -0.05) is 30.3 Å². The third kappa shape index (κ3) is 5.69. The number of carbonyl (C=O) groups is 2. The summed E-state index contributed by atoms with van der Waals surface area (Å²) in [6.45, 7) is 2.65. The summed E-state index contributed by atoms with van der Waals surface area (Å²) in [5.74, 6) is 0.307. The van der Waals surface area contributed by atoms with Crippen LogP contribution in [0.4, 0.5) is 0 Å². The van der Waals surface area contributed by atoms with Gasteiger partial charge < -0.3 is 20.0 Å². The van der Waals surface area contributed by atoms with Crippen LogP contribution in [-0.4, -0.2) is 42.9 Å². The van der Waals surface area contributed by atoms with Gasteiger partial charge in [0.1, 0.15) is 0 Å². The van der Waals surface area contributed by atoms with Gasteiger partial charge in [0.2, 0.25) is 5.91 Å². The van der Waals surface area contributed by atoms with Gasteiger partial charge in [0.05, 0.1) is 6.26 Å². The first-order valence-corrected chi connectivity index (χ1v) is 9.62. The number of amides is 2. The molecule has 144 valence electrons. The highest BCUT2D eigenvalue weighted by Gasteiger charge is 2.19. The molecule has 0 radical (unpaired) electrons. The summed E-state index contributed by atoms with van der Waals surface area (Å²) >= 11 is 0. The van der Waals surface area contributed by atoms with Gasteiger partial charge in [-0.15, -0.1) is 0 Å². The Hall–Kier alpha value is -2.60. The summed E-state index contributed by atoms with van der Waals surface area (Å²) in [4.78, 5) is 26.7. The standard InChI is InChI=1S/C21H27N3O3/c25-20-16-18(17-8-2-1-3-9-17)22-11-4-5-13-24(14-7-12-23-20)21(26)19-10-6-15-27-19/h1-3,6,8-10,15,18,22H,4-5,7,11-14,16H2,(H,23,25). The van der Waals surface area contributed by atoms with Gasteiger partial charge in [-0.05, 0) is 43.5 Å². The molecule has 1 fully saturated rings. The van der Waals surface area contributed by atoms with E-state index in [1.54, 1.807) is 12.1 Å². The summed E-state index contributed by atoms with van der Waals surface area (Å²) in [6, 6.07) is 13.5. The van der Waals surface area contributed by atoms with E-state index in [4.69, 9.17) is 4.42 Å². The molecule has 0 spiro atoms. The highest BCUT2D eigenvalue weighted by atomic mass is 16.3. The lowest BCUT2D eigenvalue weighted by molar-refractivity contribution is -0.121. The fraction of sp³-hybridized carbons (Fsp3) is 0.429. The molecular weight excluding hydrogens is 342 g/mol. The second kappa shape index (κ2) is 9.92. The van der Waals surface area contributed by atoms with Crippen LogP contribution in [0.1, 0.15) is 47.8 Å². The zero-order valence-electron chi connectivity index (χ0n) is 15.5. The van der Waals surface area contributed by atoms with Gasteiger partial charge >= 0.3 is 0 Å². The van der Waals surface area contributed by atoms with Crippen LogP contribution in [0.5, 0.6) is 0 Å². The first kappa shape index (κ1) is 19.2. The Morgan fingerprint density at radius 2 is 1.81 bits per heavy atom. The third-order valence-corrected chi connectivity index (χ3v) is 4.78. The average Bonchev–Trinajstić information content (AvgIpc) is 3.23. The molecule has 0 bridgehead atoms. The first-order valence-electron chi connectivity index (χ1n) is 9.62. The van der Waals surface area contributed by atoms with E-state index < -0.39 is 0 Å². The fourth-order valence-electron chi connectivity index (χ4n) is 3.32. The molecule has 2 heterocycles. The van der Waals surface area contributed by atoms with E-state index in [1.165, 1.54) is 6.26 Å². The van der Waals surface area contributed by atoms with E-state index >= 15 is 0 Å². The minimum absolute atomic E-state index is 0.00723. The molecular formula is C21H27N3O3. The van der Waals surface area contributed by atoms with Gasteiger partial charge in [-0.2, -0.15) is 0 Å². The number of hydrogen-bond acceptors (Lipinski definition) is 4. The fourth-order valence-corrected chi connectivity index (χ4v) is 3.32. The van der Waals surface area contributed by atoms with Crippen molar-refractivity contribution in [1.29, 1.82) is 0 Å². The summed E-state index contributed by atoms with van der Waals surface area (Å²) in [6.07, 6.45) is 4.50. The molecule has 1 aromatic heterocycles. The predicted molar refractivity (Wildman–Crippen MR) is 103 cm³/mol. The van der Waals surface area contributed by atoms with Crippen LogP contribution in [0.25, 0.3) is 0 Å². The zero-order valence-corrected chi connectivity index (χ0v) is 15.5. The summed E-state index contributed by atoms with van der Waals surface area (Å²) < 4.78 is 5.25. The van der Waals surface area contributed by atoms with E-state index in [-0.39, 0.29) is 17.9 Å². The van der Waals surface area contributed by atoms with Gasteiger partial charge in [0.15, 0.2) is 5.76 Å². The zero-order chi connectivity index (χ0) is 18.9. The number of rotatable bonds is 2. The number of benzene rings is 1. The molecule has 0 saturated carbocycles. The van der Waals surface area contributed by atoms with Crippen molar-refractivity contribution in [3.63, 3.8) is 0 Å². The summed E-state index contributed by atoms with van der Waals surface area (Å²) in [7, 11) is 0. The van der Waals surface area contributed by atoms with Crippen LogP contribution in [0, 0.1) is 0 Å². The van der Waals surface area contributed by atoms with Crippen molar-refractivity contribution in [3.05, 3.63) is 60.1 Å². The molecule has 2 aromatic rings. The van der Waals surface area contributed by atoms with E-state index in [1.807, 2.05) is 35.2 Å². The van der Waals surface area contributed by atoms with Crippen molar-refractivity contribution < 1.29 is 14.0 Å². The van der Waals surface area contributed by atoms with Crippen molar-refractivity contribution in [2.45, 2.75) is 31.7 Å². The molecule has 2 amide bonds. The van der Waals surface area contributed by atoms with Crippen LogP contribution in [0.3, 0.4) is 0 Å². The number of nitrogens with zero attached hydrogens (tertiary/aromatic N) is 1. The molecule has 6 nitrogen and oxygen atoms in total. The highest BCUT2D eigenvalue weighted by molar-refractivity contribution is 5.91. The Balaban J connectivity index is 1.62.